The fraction of sp³-hybridized carbons (Fsp3) is 0.588. The fourth-order valence-electron chi connectivity index (χ4n) is 2.48. The number of aliphatic imine (C=N–C) groups is 1. The van der Waals surface area contributed by atoms with Gasteiger partial charge in [0.25, 0.3) is 0 Å². The standard InChI is InChI=1S/C17H30N4O2.HI/c1-19(2)14(12-18-17(20(3)4)21(5)6)13-9-10-15(22-7)16(11-13)23-8;/h9-11,14H,12H2,1-8H3;1H. The van der Waals surface area contributed by atoms with E-state index in [4.69, 9.17) is 14.5 Å². The summed E-state index contributed by atoms with van der Waals surface area (Å²) in [6, 6.07) is 6.17. The van der Waals surface area contributed by atoms with E-state index in [1.807, 2.05) is 50.1 Å². The molecule has 0 radical (unpaired) electrons. The molecule has 1 rings (SSSR count). The molecule has 0 spiro atoms. The molecule has 0 aromatic heterocycles. The topological polar surface area (TPSA) is 40.5 Å². The number of halogens is 1. The molecule has 1 unspecified atom stereocenters. The number of likely N-dealkylation sites (N-methyl/N-ethyl adjacent to an activating group) is 1. The van der Waals surface area contributed by atoms with Crippen LogP contribution < -0.4 is 9.47 Å². The first-order chi connectivity index (χ1) is 10.8. The molecule has 1 atom stereocenters. The summed E-state index contributed by atoms with van der Waals surface area (Å²) >= 11 is 0. The zero-order valence-corrected chi connectivity index (χ0v) is 18.4. The SMILES string of the molecule is COc1ccc(C(CN=C(N(C)C)N(C)C)N(C)C)cc1OC.I. The van der Waals surface area contributed by atoms with E-state index in [0.29, 0.717) is 6.54 Å². The second kappa shape index (κ2) is 10.6. The summed E-state index contributed by atoms with van der Waals surface area (Å²) < 4.78 is 10.7. The quantitative estimate of drug-likeness (QED) is 0.378. The van der Waals surface area contributed by atoms with Crippen molar-refractivity contribution in [3.63, 3.8) is 0 Å². The van der Waals surface area contributed by atoms with Crippen LogP contribution in [0, 0.1) is 0 Å². The van der Waals surface area contributed by atoms with Crippen molar-refractivity contribution in [1.82, 2.24) is 14.7 Å². The maximum atomic E-state index is 5.41. The zero-order valence-electron chi connectivity index (χ0n) is 16.0. The number of rotatable bonds is 6. The molecule has 138 valence electrons. The Labute approximate surface area is 163 Å². The molecule has 0 saturated carbocycles. The van der Waals surface area contributed by atoms with E-state index in [1.165, 1.54) is 0 Å². The monoisotopic (exact) mass is 450 g/mol. The summed E-state index contributed by atoms with van der Waals surface area (Å²) in [7, 11) is 15.4. The molecule has 0 bridgehead atoms. The number of benzene rings is 1. The van der Waals surface area contributed by atoms with Gasteiger partial charge in [-0.05, 0) is 31.8 Å². The van der Waals surface area contributed by atoms with E-state index in [-0.39, 0.29) is 30.0 Å². The van der Waals surface area contributed by atoms with Crippen molar-refractivity contribution >= 4 is 29.9 Å². The van der Waals surface area contributed by atoms with Crippen LogP contribution in [-0.2, 0) is 0 Å². The third kappa shape index (κ3) is 6.01. The van der Waals surface area contributed by atoms with Crippen molar-refractivity contribution in [2.45, 2.75) is 6.04 Å². The maximum Gasteiger partial charge on any atom is 0.195 e. The number of methoxy groups -OCH3 is 2. The van der Waals surface area contributed by atoms with Gasteiger partial charge in [-0.2, -0.15) is 0 Å². The molecule has 0 aliphatic rings. The fourth-order valence-corrected chi connectivity index (χ4v) is 2.48. The largest absolute Gasteiger partial charge is 0.493 e. The molecule has 0 saturated heterocycles. The van der Waals surface area contributed by atoms with E-state index in [1.54, 1.807) is 14.2 Å². The maximum absolute atomic E-state index is 5.41. The number of guanidine groups is 1. The van der Waals surface area contributed by atoms with Crippen molar-refractivity contribution in [1.29, 1.82) is 0 Å². The number of ether oxygens (including phenoxy) is 2. The molecule has 0 aliphatic carbocycles. The van der Waals surface area contributed by atoms with Gasteiger partial charge >= 0.3 is 0 Å². The van der Waals surface area contributed by atoms with E-state index < -0.39 is 0 Å². The van der Waals surface area contributed by atoms with Crippen LogP contribution in [0.4, 0.5) is 0 Å². The average Bonchev–Trinajstić information content (AvgIpc) is 2.49. The van der Waals surface area contributed by atoms with Gasteiger partial charge in [0.15, 0.2) is 17.5 Å². The van der Waals surface area contributed by atoms with Crippen molar-refractivity contribution < 1.29 is 9.47 Å². The number of hydrogen-bond donors (Lipinski definition) is 0. The first-order valence-electron chi connectivity index (χ1n) is 7.59. The van der Waals surface area contributed by atoms with Crippen molar-refractivity contribution in [3.8, 4) is 11.5 Å². The van der Waals surface area contributed by atoms with Gasteiger partial charge in [-0.3, -0.25) is 4.99 Å². The van der Waals surface area contributed by atoms with Gasteiger partial charge < -0.3 is 24.2 Å². The molecule has 7 heteroatoms. The lowest BCUT2D eigenvalue weighted by atomic mass is 10.1. The molecule has 1 aromatic rings. The Kier molecular flexibility index (Phi) is 10.1. The van der Waals surface area contributed by atoms with Crippen LogP contribution in [0.3, 0.4) is 0 Å². The van der Waals surface area contributed by atoms with Gasteiger partial charge in [0.05, 0.1) is 26.8 Å². The Morgan fingerprint density at radius 1 is 0.958 bits per heavy atom. The third-order valence-electron chi connectivity index (χ3n) is 3.62. The van der Waals surface area contributed by atoms with Gasteiger partial charge in [-0.15, -0.1) is 24.0 Å². The lowest BCUT2D eigenvalue weighted by Crippen LogP contribution is -2.36. The molecule has 0 fully saturated rings. The Hall–Kier alpha value is -1.22. The lowest BCUT2D eigenvalue weighted by molar-refractivity contribution is 0.301. The summed E-state index contributed by atoms with van der Waals surface area (Å²) in [6.07, 6.45) is 0. The molecular formula is C17H31IN4O2. The summed E-state index contributed by atoms with van der Waals surface area (Å²) in [4.78, 5) is 11.0. The predicted molar refractivity (Wildman–Crippen MR) is 111 cm³/mol. The van der Waals surface area contributed by atoms with Gasteiger partial charge in [0.2, 0.25) is 0 Å². The van der Waals surface area contributed by atoms with Gasteiger partial charge in [-0.25, -0.2) is 0 Å². The van der Waals surface area contributed by atoms with Crippen LogP contribution in [0.25, 0.3) is 0 Å². The van der Waals surface area contributed by atoms with Crippen LogP contribution in [-0.4, -0.2) is 83.7 Å². The summed E-state index contributed by atoms with van der Waals surface area (Å²) in [5.74, 6) is 2.41. The molecule has 0 N–H and O–H groups in total. The number of nitrogens with zero attached hydrogens (tertiary/aromatic N) is 4. The van der Waals surface area contributed by atoms with Crippen LogP contribution in [0.2, 0.25) is 0 Å². The summed E-state index contributed by atoms with van der Waals surface area (Å²) in [5, 5.41) is 0. The average molecular weight is 450 g/mol. The lowest BCUT2D eigenvalue weighted by Gasteiger charge is -2.27. The highest BCUT2D eigenvalue weighted by Crippen LogP contribution is 2.31. The highest BCUT2D eigenvalue weighted by atomic mass is 127. The predicted octanol–water partition coefficient (Wildman–Crippen LogP) is 2.40. The number of hydrogen-bond acceptors (Lipinski definition) is 4. The second-order valence-electron chi connectivity index (χ2n) is 6.02. The highest BCUT2D eigenvalue weighted by molar-refractivity contribution is 14.0. The van der Waals surface area contributed by atoms with Crippen molar-refractivity contribution in [2.75, 3.05) is 63.1 Å². The van der Waals surface area contributed by atoms with Gasteiger partial charge in [0.1, 0.15) is 0 Å². The Balaban J connectivity index is 0.00000529. The van der Waals surface area contributed by atoms with Crippen LogP contribution in [0.5, 0.6) is 11.5 Å². The first-order valence-corrected chi connectivity index (χ1v) is 7.59. The summed E-state index contributed by atoms with van der Waals surface area (Å²) in [5.41, 5.74) is 1.15. The van der Waals surface area contributed by atoms with Gasteiger partial charge in [0, 0.05) is 28.2 Å². The molecule has 0 amide bonds. The van der Waals surface area contributed by atoms with Crippen LogP contribution >= 0.6 is 24.0 Å². The first kappa shape index (κ1) is 22.8. The van der Waals surface area contributed by atoms with Crippen molar-refractivity contribution in [3.05, 3.63) is 23.8 Å². The van der Waals surface area contributed by atoms with E-state index in [2.05, 4.69) is 25.1 Å². The van der Waals surface area contributed by atoms with E-state index in [9.17, 15) is 0 Å². The minimum absolute atomic E-state index is 0. The zero-order chi connectivity index (χ0) is 17.6. The third-order valence-corrected chi connectivity index (χ3v) is 3.62. The summed E-state index contributed by atoms with van der Waals surface area (Å²) in [6.45, 7) is 0.661. The Bertz CT molecular complexity index is 523. The normalized spacial score (nSPS) is 11.4. The Morgan fingerprint density at radius 2 is 1.50 bits per heavy atom. The van der Waals surface area contributed by atoms with Gasteiger partial charge in [-0.1, -0.05) is 6.07 Å². The molecule has 6 nitrogen and oxygen atoms in total. The Morgan fingerprint density at radius 3 is 1.92 bits per heavy atom. The van der Waals surface area contributed by atoms with E-state index in [0.717, 1.165) is 23.0 Å². The van der Waals surface area contributed by atoms with Crippen molar-refractivity contribution in [2.24, 2.45) is 4.99 Å². The minimum atomic E-state index is 0. The minimum Gasteiger partial charge on any atom is -0.493 e. The molecule has 24 heavy (non-hydrogen) atoms. The molecular weight excluding hydrogens is 419 g/mol. The highest BCUT2D eigenvalue weighted by Gasteiger charge is 2.17. The smallest absolute Gasteiger partial charge is 0.195 e. The van der Waals surface area contributed by atoms with Crippen LogP contribution in [0.1, 0.15) is 11.6 Å². The molecule has 0 aliphatic heterocycles. The van der Waals surface area contributed by atoms with E-state index >= 15 is 0 Å². The van der Waals surface area contributed by atoms with Crippen LogP contribution in [0.15, 0.2) is 23.2 Å². The molecule has 1 aromatic carbocycles. The molecule has 0 heterocycles. The second-order valence-corrected chi connectivity index (χ2v) is 6.02.